The molecule has 0 saturated carbocycles. The van der Waals surface area contributed by atoms with Crippen LogP contribution >= 0.6 is 0 Å². The average molecular weight is 320 g/mol. The summed E-state index contributed by atoms with van der Waals surface area (Å²) < 4.78 is 10.8. The number of ether oxygens (including phenoxy) is 2. The average Bonchev–Trinajstić information content (AvgIpc) is 2.65. The van der Waals surface area contributed by atoms with E-state index in [1.807, 2.05) is 12.1 Å². The molecule has 4 aromatic carbocycles. The minimum absolute atomic E-state index is 0. The van der Waals surface area contributed by atoms with Gasteiger partial charge in [-0.3, -0.25) is 0 Å². The molecule has 0 fully saturated rings. The quantitative estimate of drug-likeness (QED) is 0.249. The molecule has 0 aliphatic carbocycles. The number of hydrogen-bond acceptors (Lipinski definition) is 2. The van der Waals surface area contributed by atoms with Crippen LogP contribution in [-0.2, 0) is 4.74 Å². The zero-order valence-corrected chi connectivity index (χ0v) is 14.5. The Kier molecular flexibility index (Phi) is 5.46. The molecule has 0 atom stereocenters. The summed E-state index contributed by atoms with van der Waals surface area (Å²) in [6.07, 6.45) is 0. The molecular weight excluding hydrogens is 303 g/mol. The van der Waals surface area contributed by atoms with E-state index in [4.69, 9.17) is 9.47 Å². The van der Waals surface area contributed by atoms with Crippen molar-refractivity contribution in [1.82, 2.24) is 0 Å². The van der Waals surface area contributed by atoms with E-state index < -0.39 is 0 Å². The monoisotopic (exact) mass is 320 g/mol. The maximum absolute atomic E-state index is 5.76. The molecular formula is C22H17LiO2. The Labute approximate surface area is 159 Å². The molecule has 0 radical (unpaired) electrons. The van der Waals surface area contributed by atoms with E-state index >= 15 is 0 Å². The van der Waals surface area contributed by atoms with Gasteiger partial charge in [0, 0.05) is 12.9 Å². The van der Waals surface area contributed by atoms with E-state index in [1.54, 1.807) is 7.11 Å². The predicted molar refractivity (Wildman–Crippen MR) is 98.2 cm³/mol. The van der Waals surface area contributed by atoms with Crippen LogP contribution in [0, 0.1) is 6.07 Å². The number of hydrogen-bond donors (Lipinski definition) is 0. The first-order valence-corrected chi connectivity index (χ1v) is 7.92. The van der Waals surface area contributed by atoms with Crippen LogP contribution in [-0.4, -0.2) is 13.9 Å². The Hall–Kier alpha value is -2.24. The van der Waals surface area contributed by atoms with Gasteiger partial charge in [-0.25, -0.2) is 0 Å². The Morgan fingerprint density at radius 1 is 0.840 bits per heavy atom. The maximum atomic E-state index is 5.76. The van der Waals surface area contributed by atoms with E-state index in [-0.39, 0.29) is 25.7 Å². The van der Waals surface area contributed by atoms with Gasteiger partial charge in [0.1, 0.15) is 0 Å². The molecule has 0 unspecified atom stereocenters. The summed E-state index contributed by atoms with van der Waals surface area (Å²) in [4.78, 5) is 0. The Balaban J connectivity index is 0.00000182. The third kappa shape index (κ3) is 3.30. The van der Waals surface area contributed by atoms with E-state index in [0.717, 1.165) is 5.56 Å². The number of para-hydroxylation sites is 1. The summed E-state index contributed by atoms with van der Waals surface area (Å²) in [6, 6.07) is 28.3. The number of methoxy groups -OCH3 is 1. The van der Waals surface area contributed by atoms with Gasteiger partial charge in [0.15, 0.2) is 6.79 Å². The molecule has 0 saturated heterocycles. The van der Waals surface area contributed by atoms with Gasteiger partial charge >= 0.3 is 18.9 Å². The fourth-order valence-electron chi connectivity index (χ4n) is 3.16. The van der Waals surface area contributed by atoms with Crippen molar-refractivity contribution >= 4 is 21.5 Å². The first-order chi connectivity index (χ1) is 11.9. The van der Waals surface area contributed by atoms with Crippen LogP contribution in [0.4, 0.5) is 0 Å². The number of benzene rings is 4. The largest absolute Gasteiger partial charge is 1.00 e. The van der Waals surface area contributed by atoms with E-state index in [9.17, 15) is 0 Å². The van der Waals surface area contributed by atoms with Crippen molar-refractivity contribution in [3.05, 3.63) is 78.9 Å². The van der Waals surface area contributed by atoms with Crippen molar-refractivity contribution in [2.45, 2.75) is 0 Å². The van der Waals surface area contributed by atoms with Crippen LogP contribution in [0.15, 0.2) is 72.8 Å². The van der Waals surface area contributed by atoms with Crippen LogP contribution in [0.3, 0.4) is 0 Å². The zero-order chi connectivity index (χ0) is 16.4. The summed E-state index contributed by atoms with van der Waals surface area (Å²) in [6.45, 7) is 0.205. The molecule has 3 heteroatoms. The molecule has 0 spiro atoms. The molecule has 0 heterocycles. The Morgan fingerprint density at radius 2 is 1.48 bits per heavy atom. The van der Waals surface area contributed by atoms with Gasteiger partial charge in [-0.15, -0.1) is 6.07 Å². The minimum Gasteiger partial charge on any atom is -0.493 e. The molecule has 0 bridgehead atoms. The van der Waals surface area contributed by atoms with Gasteiger partial charge in [0.05, 0.1) is 0 Å². The van der Waals surface area contributed by atoms with Crippen molar-refractivity contribution in [2.24, 2.45) is 0 Å². The van der Waals surface area contributed by atoms with E-state index in [0.29, 0.717) is 5.75 Å². The van der Waals surface area contributed by atoms with Gasteiger partial charge in [0.25, 0.3) is 0 Å². The van der Waals surface area contributed by atoms with Crippen molar-refractivity contribution in [2.75, 3.05) is 13.9 Å². The third-order valence-corrected chi connectivity index (χ3v) is 4.18. The van der Waals surface area contributed by atoms with Crippen LogP contribution in [0.1, 0.15) is 0 Å². The van der Waals surface area contributed by atoms with Crippen molar-refractivity contribution in [1.29, 1.82) is 0 Å². The van der Waals surface area contributed by atoms with Crippen molar-refractivity contribution < 1.29 is 28.3 Å². The van der Waals surface area contributed by atoms with Crippen molar-refractivity contribution in [3.8, 4) is 16.9 Å². The molecule has 0 aromatic heterocycles. The Morgan fingerprint density at radius 3 is 2.12 bits per heavy atom. The summed E-state index contributed by atoms with van der Waals surface area (Å²) in [5.41, 5.74) is 2.20. The van der Waals surface area contributed by atoms with Crippen LogP contribution in [0.5, 0.6) is 5.75 Å². The smallest absolute Gasteiger partial charge is 0.493 e. The predicted octanol–water partition coefficient (Wildman–Crippen LogP) is 2.45. The van der Waals surface area contributed by atoms with Gasteiger partial charge in [0.2, 0.25) is 0 Å². The standard InChI is InChI=1S/C22H17O2.Li/c1-23-15-24-21-13-7-6-12-20(21)22-18-10-4-2-8-16(18)14-17-9-3-5-11-19(17)22;/h2-12,14H,15H2,1H3;/q-1;+1. The second kappa shape index (κ2) is 7.76. The molecule has 2 nitrogen and oxygen atoms in total. The SMILES string of the molecule is COCOc1[c-]cccc1-c1c2ccccc2cc2ccccc12.[Li+]. The molecule has 0 aliphatic heterocycles. The van der Waals surface area contributed by atoms with Gasteiger partial charge in [-0.1, -0.05) is 59.7 Å². The van der Waals surface area contributed by atoms with E-state index in [1.165, 1.54) is 27.1 Å². The normalized spacial score (nSPS) is 10.6. The summed E-state index contributed by atoms with van der Waals surface area (Å²) in [7, 11) is 1.62. The minimum atomic E-state index is 0. The number of fused-ring (bicyclic) bond motifs is 2. The molecule has 0 N–H and O–H groups in total. The molecule has 118 valence electrons. The summed E-state index contributed by atoms with van der Waals surface area (Å²) >= 11 is 0. The fourth-order valence-corrected chi connectivity index (χ4v) is 3.16. The fraction of sp³-hybridized carbons (Fsp3) is 0.0909. The van der Waals surface area contributed by atoms with Crippen LogP contribution < -0.4 is 23.6 Å². The molecule has 25 heavy (non-hydrogen) atoms. The molecule has 0 amide bonds. The maximum Gasteiger partial charge on any atom is 1.00 e. The van der Waals surface area contributed by atoms with Crippen LogP contribution in [0.25, 0.3) is 32.7 Å². The van der Waals surface area contributed by atoms with Crippen molar-refractivity contribution in [3.63, 3.8) is 0 Å². The van der Waals surface area contributed by atoms with Crippen LogP contribution in [0.2, 0.25) is 0 Å². The second-order valence-electron chi connectivity index (χ2n) is 5.66. The van der Waals surface area contributed by atoms with Gasteiger partial charge in [-0.2, -0.15) is 18.2 Å². The van der Waals surface area contributed by atoms with Gasteiger partial charge in [-0.05, 0) is 27.6 Å². The zero-order valence-electron chi connectivity index (χ0n) is 14.5. The number of rotatable bonds is 4. The van der Waals surface area contributed by atoms with E-state index in [2.05, 4.69) is 66.7 Å². The Bertz CT molecular complexity index is 957. The summed E-state index contributed by atoms with van der Waals surface area (Å²) in [5.74, 6) is 0.709. The first-order valence-electron chi connectivity index (χ1n) is 7.92. The van der Waals surface area contributed by atoms with Gasteiger partial charge < -0.3 is 9.47 Å². The summed E-state index contributed by atoms with van der Waals surface area (Å²) in [5, 5.41) is 4.84. The second-order valence-corrected chi connectivity index (χ2v) is 5.66. The molecule has 4 aromatic rings. The third-order valence-electron chi connectivity index (χ3n) is 4.18. The molecule has 0 aliphatic rings. The topological polar surface area (TPSA) is 18.5 Å². The molecule has 4 rings (SSSR count). The first kappa shape index (κ1) is 17.6.